The zero-order valence-electron chi connectivity index (χ0n) is 9.51. The summed E-state index contributed by atoms with van der Waals surface area (Å²) in [5.41, 5.74) is 0. The van der Waals surface area contributed by atoms with Crippen LogP contribution in [0.15, 0.2) is 6.33 Å². The second-order valence-corrected chi connectivity index (χ2v) is 3.88. The minimum atomic E-state index is -0.358. The minimum absolute atomic E-state index is 0.358. The summed E-state index contributed by atoms with van der Waals surface area (Å²) in [6.07, 6.45) is 1.30. The van der Waals surface area contributed by atoms with E-state index in [4.69, 9.17) is 0 Å². The van der Waals surface area contributed by atoms with Crippen LogP contribution in [0.3, 0.4) is 0 Å². The third kappa shape index (κ3) is 4.87. The van der Waals surface area contributed by atoms with E-state index in [1.165, 1.54) is 0 Å². The highest BCUT2D eigenvalue weighted by Gasteiger charge is 2.05. The van der Waals surface area contributed by atoms with Crippen molar-refractivity contribution in [3.8, 4) is 0 Å². The molecule has 0 aliphatic rings. The van der Waals surface area contributed by atoms with Gasteiger partial charge in [0.25, 0.3) is 0 Å². The van der Waals surface area contributed by atoms with Crippen LogP contribution >= 0.6 is 0 Å². The van der Waals surface area contributed by atoms with Gasteiger partial charge < -0.3 is 15.3 Å². The number of aliphatic hydroxyl groups is 1. The average Bonchev–Trinajstić information content (AvgIpc) is 2.50. The Morgan fingerprint density at radius 1 is 1.60 bits per heavy atom. The molecule has 1 unspecified atom stereocenters. The van der Waals surface area contributed by atoms with E-state index in [2.05, 4.69) is 15.4 Å². The van der Waals surface area contributed by atoms with Crippen LogP contribution in [0.1, 0.15) is 5.82 Å². The molecule has 0 bridgehead atoms. The van der Waals surface area contributed by atoms with E-state index < -0.39 is 0 Å². The van der Waals surface area contributed by atoms with Gasteiger partial charge in [-0.1, -0.05) is 0 Å². The predicted molar refractivity (Wildman–Crippen MR) is 57.3 cm³/mol. The number of aliphatic hydroxyl groups excluding tert-OH is 1. The number of rotatable bonds is 6. The lowest BCUT2D eigenvalue weighted by Gasteiger charge is -2.15. The van der Waals surface area contributed by atoms with E-state index in [1.807, 2.05) is 26.0 Å². The van der Waals surface area contributed by atoms with Crippen molar-refractivity contribution in [3.05, 3.63) is 12.2 Å². The largest absolute Gasteiger partial charge is 0.390 e. The number of hydrogen-bond acceptors (Lipinski definition) is 5. The van der Waals surface area contributed by atoms with Gasteiger partial charge in [0.15, 0.2) is 5.82 Å². The molecule has 0 spiro atoms. The van der Waals surface area contributed by atoms with Crippen molar-refractivity contribution in [2.24, 2.45) is 7.05 Å². The monoisotopic (exact) mass is 213 g/mol. The highest BCUT2D eigenvalue weighted by atomic mass is 16.3. The maximum absolute atomic E-state index is 9.55. The number of nitrogens with zero attached hydrogens (tertiary/aromatic N) is 4. The van der Waals surface area contributed by atoms with Crippen LogP contribution in [0.5, 0.6) is 0 Å². The molecule has 1 atom stereocenters. The molecule has 0 amide bonds. The van der Waals surface area contributed by atoms with E-state index >= 15 is 0 Å². The van der Waals surface area contributed by atoms with Crippen LogP contribution < -0.4 is 5.32 Å². The minimum Gasteiger partial charge on any atom is -0.390 e. The van der Waals surface area contributed by atoms with Crippen LogP contribution in [0.2, 0.25) is 0 Å². The molecular weight excluding hydrogens is 194 g/mol. The summed E-state index contributed by atoms with van der Waals surface area (Å²) >= 11 is 0. The number of likely N-dealkylation sites (N-methyl/N-ethyl adjacent to an activating group) is 1. The molecule has 15 heavy (non-hydrogen) atoms. The van der Waals surface area contributed by atoms with Crippen molar-refractivity contribution >= 4 is 0 Å². The molecule has 6 nitrogen and oxygen atoms in total. The Hall–Kier alpha value is -0.980. The third-order valence-corrected chi connectivity index (χ3v) is 1.89. The fourth-order valence-corrected chi connectivity index (χ4v) is 1.30. The SMILES string of the molecule is CN(C)CC(O)CNCc1ncn(C)n1. The zero-order chi connectivity index (χ0) is 11.3. The molecule has 0 aliphatic carbocycles. The van der Waals surface area contributed by atoms with Gasteiger partial charge in [-0.3, -0.25) is 4.68 Å². The molecule has 1 aromatic heterocycles. The van der Waals surface area contributed by atoms with Crippen molar-refractivity contribution in [3.63, 3.8) is 0 Å². The highest BCUT2D eigenvalue weighted by Crippen LogP contribution is 1.88. The van der Waals surface area contributed by atoms with Gasteiger partial charge in [-0.05, 0) is 14.1 Å². The van der Waals surface area contributed by atoms with Gasteiger partial charge in [0.2, 0.25) is 0 Å². The number of hydrogen-bond donors (Lipinski definition) is 2. The summed E-state index contributed by atoms with van der Waals surface area (Å²) in [4.78, 5) is 6.02. The normalized spacial score (nSPS) is 13.4. The van der Waals surface area contributed by atoms with Gasteiger partial charge in [0.05, 0.1) is 12.6 Å². The lowest BCUT2D eigenvalue weighted by atomic mass is 10.3. The Morgan fingerprint density at radius 2 is 2.33 bits per heavy atom. The molecule has 1 rings (SSSR count). The maximum Gasteiger partial charge on any atom is 0.164 e. The Morgan fingerprint density at radius 3 is 2.87 bits per heavy atom. The second kappa shape index (κ2) is 5.79. The van der Waals surface area contributed by atoms with Crippen molar-refractivity contribution < 1.29 is 5.11 Å². The van der Waals surface area contributed by atoms with E-state index in [0.29, 0.717) is 19.6 Å². The van der Waals surface area contributed by atoms with Gasteiger partial charge in [0.1, 0.15) is 6.33 Å². The summed E-state index contributed by atoms with van der Waals surface area (Å²) in [5, 5.41) is 16.8. The Balaban J connectivity index is 2.16. The summed E-state index contributed by atoms with van der Waals surface area (Å²) in [7, 11) is 5.70. The standard InChI is InChI=1S/C9H19N5O/c1-13(2)6-8(15)4-10-5-9-11-7-14(3)12-9/h7-8,10,15H,4-6H2,1-3H3. The first-order valence-corrected chi connectivity index (χ1v) is 4.96. The first kappa shape index (κ1) is 12.1. The molecule has 2 N–H and O–H groups in total. The van der Waals surface area contributed by atoms with Crippen LogP contribution in [0, 0.1) is 0 Å². The van der Waals surface area contributed by atoms with Crippen molar-refractivity contribution in [1.82, 2.24) is 25.0 Å². The topological polar surface area (TPSA) is 66.2 Å². The van der Waals surface area contributed by atoms with Gasteiger partial charge >= 0.3 is 0 Å². The molecule has 1 heterocycles. The van der Waals surface area contributed by atoms with Crippen molar-refractivity contribution in [1.29, 1.82) is 0 Å². The molecule has 1 aromatic rings. The number of aromatic nitrogens is 3. The molecule has 0 aromatic carbocycles. The molecule has 0 fully saturated rings. The molecule has 0 saturated carbocycles. The number of nitrogens with one attached hydrogen (secondary N) is 1. The third-order valence-electron chi connectivity index (χ3n) is 1.89. The predicted octanol–water partition coefficient (Wildman–Crippen LogP) is -1.17. The van der Waals surface area contributed by atoms with E-state index in [-0.39, 0.29) is 6.10 Å². The fourth-order valence-electron chi connectivity index (χ4n) is 1.30. The zero-order valence-corrected chi connectivity index (χ0v) is 9.51. The van der Waals surface area contributed by atoms with Gasteiger partial charge in [0, 0.05) is 20.1 Å². The molecule has 0 saturated heterocycles. The summed E-state index contributed by atoms with van der Waals surface area (Å²) < 4.78 is 1.66. The summed E-state index contributed by atoms with van der Waals surface area (Å²) in [6.45, 7) is 1.80. The second-order valence-electron chi connectivity index (χ2n) is 3.88. The fraction of sp³-hybridized carbons (Fsp3) is 0.778. The van der Waals surface area contributed by atoms with Crippen LogP contribution in [-0.2, 0) is 13.6 Å². The van der Waals surface area contributed by atoms with Gasteiger partial charge in [-0.2, -0.15) is 5.10 Å². The summed E-state index contributed by atoms with van der Waals surface area (Å²) in [6, 6.07) is 0. The molecule has 0 radical (unpaired) electrons. The van der Waals surface area contributed by atoms with E-state index in [1.54, 1.807) is 11.0 Å². The van der Waals surface area contributed by atoms with E-state index in [0.717, 1.165) is 5.82 Å². The van der Waals surface area contributed by atoms with Crippen LogP contribution in [0.25, 0.3) is 0 Å². The van der Waals surface area contributed by atoms with Crippen LogP contribution in [0.4, 0.5) is 0 Å². The first-order valence-electron chi connectivity index (χ1n) is 4.96. The Labute approximate surface area is 89.9 Å². The van der Waals surface area contributed by atoms with Gasteiger partial charge in [-0.25, -0.2) is 4.98 Å². The summed E-state index contributed by atoms with van der Waals surface area (Å²) in [5.74, 6) is 0.745. The number of aryl methyl sites for hydroxylation is 1. The lowest BCUT2D eigenvalue weighted by molar-refractivity contribution is 0.134. The molecule has 86 valence electrons. The van der Waals surface area contributed by atoms with Crippen LogP contribution in [-0.4, -0.2) is 58.1 Å². The molecule has 6 heteroatoms. The Bertz CT molecular complexity index is 286. The van der Waals surface area contributed by atoms with Crippen molar-refractivity contribution in [2.45, 2.75) is 12.6 Å². The highest BCUT2D eigenvalue weighted by molar-refractivity contribution is 4.80. The average molecular weight is 213 g/mol. The van der Waals surface area contributed by atoms with Crippen molar-refractivity contribution in [2.75, 3.05) is 27.2 Å². The quantitative estimate of drug-likeness (QED) is 0.623. The maximum atomic E-state index is 9.55. The molecular formula is C9H19N5O. The Kier molecular flexibility index (Phi) is 4.67. The lowest BCUT2D eigenvalue weighted by Crippen LogP contribution is -2.34. The first-order chi connectivity index (χ1) is 7.08. The molecule has 0 aliphatic heterocycles. The van der Waals surface area contributed by atoms with Gasteiger partial charge in [-0.15, -0.1) is 0 Å². The van der Waals surface area contributed by atoms with E-state index in [9.17, 15) is 5.11 Å². The smallest absolute Gasteiger partial charge is 0.164 e.